The number of aromatic nitrogens is 4. The SMILES string of the molecule is CCCCCCn1nnnc1Br. The lowest BCUT2D eigenvalue weighted by Gasteiger charge is -1.99. The third-order valence-corrected chi connectivity index (χ3v) is 2.28. The Morgan fingerprint density at radius 1 is 1.33 bits per heavy atom. The molecule has 1 rings (SSSR count). The quantitative estimate of drug-likeness (QED) is 0.730. The van der Waals surface area contributed by atoms with Gasteiger partial charge in [-0.05, 0) is 32.8 Å². The molecule has 0 aliphatic heterocycles. The number of hydrogen-bond donors (Lipinski definition) is 0. The summed E-state index contributed by atoms with van der Waals surface area (Å²) in [5.41, 5.74) is 0. The molecular formula is C7H13BrN4. The smallest absolute Gasteiger partial charge is 0.218 e. The molecule has 0 aliphatic rings. The highest BCUT2D eigenvalue weighted by Crippen LogP contribution is 2.05. The first-order chi connectivity index (χ1) is 5.84. The minimum Gasteiger partial charge on any atom is -0.220 e. The maximum Gasteiger partial charge on any atom is 0.218 e. The molecule has 0 unspecified atom stereocenters. The highest BCUT2D eigenvalue weighted by atomic mass is 79.9. The van der Waals surface area contributed by atoms with E-state index in [0.29, 0.717) is 0 Å². The molecule has 0 atom stereocenters. The van der Waals surface area contributed by atoms with Gasteiger partial charge in [0.15, 0.2) is 0 Å². The first-order valence-electron chi connectivity index (χ1n) is 4.26. The molecule has 1 aromatic rings. The van der Waals surface area contributed by atoms with Crippen molar-refractivity contribution in [3.8, 4) is 0 Å². The molecule has 5 heteroatoms. The lowest BCUT2D eigenvalue weighted by molar-refractivity contribution is 0.520. The summed E-state index contributed by atoms with van der Waals surface area (Å²) < 4.78 is 2.49. The van der Waals surface area contributed by atoms with Gasteiger partial charge in [0.25, 0.3) is 0 Å². The first kappa shape index (κ1) is 9.64. The highest BCUT2D eigenvalue weighted by Gasteiger charge is 1.99. The Hall–Kier alpha value is -0.450. The second-order valence-corrected chi connectivity index (χ2v) is 3.44. The lowest BCUT2D eigenvalue weighted by atomic mass is 10.2. The van der Waals surface area contributed by atoms with Crippen molar-refractivity contribution in [2.45, 2.75) is 39.2 Å². The van der Waals surface area contributed by atoms with E-state index in [1.54, 1.807) is 4.68 Å². The fraction of sp³-hybridized carbons (Fsp3) is 0.857. The van der Waals surface area contributed by atoms with Gasteiger partial charge in [-0.1, -0.05) is 26.2 Å². The number of tetrazole rings is 1. The summed E-state index contributed by atoms with van der Waals surface area (Å²) in [4.78, 5) is 0. The van der Waals surface area contributed by atoms with E-state index in [-0.39, 0.29) is 0 Å². The van der Waals surface area contributed by atoms with Crippen molar-refractivity contribution >= 4 is 15.9 Å². The third kappa shape index (κ3) is 2.89. The van der Waals surface area contributed by atoms with Crippen LogP contribution in [0.15, 0.2) is 4.73 Å². The fourth-order valence-electron chi connectivity index (χ4n) is 1.02. The van der Waals surface area contributed by atoms with Crippen molar-refractivity contribution < 1.29 is 0 Å². The number of nitrogens with zero attached hydrogens (tertiary/aromatic N) is 4. The summed E-state index contributed by atoms with van der Waals surface area (Å²) in [7, 11) is 0. The second-order valence-electron chi connectivity index (χ2n) is 2.73. The first-order valence-corrected chi connectivity index (χ1v) is 5.05. The number of rotatable bonds is 5. The molecule has 68 valence electrons. The maximum atomic E-state index is 3.82. The Kier molecular flexibility index (Phi) is 4.21. The van der Waals surface area contributed by atoms with Crippen LogP contribution in [-0.4, -0.2) is 20.2 Å². The fourth-order valence-corrected chi connectivity index (χ4v) is 1.34. The van der Waals surface area contributed by atoms with Crippen LogP contribution < -0.4 is 0 Å². The molecule has 0 aromatic carbocycles. The Morgan fingerprint density at radius 2 is 2.17 bits per heavy atom. The topological polar surface area (TPSA) is 43.6 Å². The summed E-state index contributed by atoms with van der Waals surface area (Å²) in [5, 5.41) is 11.1. The number of unbranched alkanes of at least 4 members (excludes halogenated alkanes) is 3. The number of hydrogen-bond acceptors (Lipinski definition) is 3. The summed E-state index contributed by atoms with van der Waals surface area (Å²) in [6.45, 7) is 3.11. The summed E-state index contributed by atoms with van der Waals surface area (Å²) in [6.07, 6.45) is 4.96. The van der Waals surface area contributed by atoms with Gasteiger partial charge in [0, 0.05) is 6.54 Å². The summed E-state index contributed by atoms with van der Waals surface area (Å²) in [6, 6.07) is 0. The predicted molar refractivity (Wildman–Crippen MR) is 49.7 cm³/mol. The molecule has 0 bridgehead atoms. The monoisotopic (exact) mass is 232 g/mol. The Labute approximate surface area is 80.5 Å². The zero-order chi connectivity index (χ0) is 8.81. The van der Waals surface area contributed by atoms with Gasteiger partial charge in [0.1, 0.15) is 0 Å². The van der Waals surface area contributed by atoms with Crippen LogP contribution in [0.1, 0.15) is 32.6 Å². The molecule has 12 heavy (non-hydrogen) atoms. The largest absolute Gasteiger partial charge is 0.220 e. The van der Waals surface area contributed by atoms with Crippen LogP contribution in [0.3, 0.4) is 0 Å². The van der Waals surface area contributed by atoms with Crippen LogP contribution in [0.5, 0.6) is 0 Å². The Bertz CT molecular complexity index is 223. The zero-order valence-electron chi connectivity index (χ0n) is 7.20. The zero-order valence-corrected chi connectivity index (χ0v) is 8.79. The average molecular weight is 233 g/mol. The third-order valence-electron chi connectivity index (χ3n) is 1.71. The molecule has 1 heterocycles. The predicted octanol–water partition coefficient (Wildman–Crippen LogP) is 2.02. The van der Waals surface area contributed by atoms with E-state index < -0.39 is 0 Å². The van der Waals surface area contributed by atoms with E-state index in [4.69, 9.17) is 0 Å². The van der Waals surface area contributed by atoms with E-state index in [0.717, 1.165) is 17.7 Å². The lowest BCUT2D eigenvalue weighted by Crippen LogP contribution is -2.00. The van der Waals surface area contributed by atoms with Crippen molar-refractivity contribution in [2.24, 2.45) is 0 Å². The van der Waals surface area contributed by atoms with Gasteiger partial charge in [-0.25, -0.2) is 4.68 Å². The maximum absolute atomic E-state index is 3.82. The van der Waals surface area contributed by atoms with E-state index in [9.17, 15) is 0 Å². The Balaban J connectivity index is 2.20. The molecule has 0 aliphatic carbocycles. The van der Waals surface area contributed by atoms with Crippen molar-refractivity contribution in [3.05, 3.63) is 4.73 Å². The van der Waals surface area contributed by atoms with E-state index in [1.807, 2.05) is 0 Å². The van der Waals surface area contributed by atoms with Gasteiger partial charge >= 0.3 is 0 Å². The van der Waals surface area contributed by atoms with Gasteiger partial charge in [0.05, 0.1) is 0 Å². The Morgan fingerprint density at radius 3 is 2.75 bits per heavy atom. The van der Waals surface area contributed by atoms with Gasteiger partial charge in [-0.2, -0.15) is 0 Å². The van der Waals surface area contributed by atoms with Crippen LogP contribution in [-0.2, 0) is 6.54 Å². The van der Waals surface area contributed by atoms with Crippen molar-refractivity contribution in [1.29, 1.82) is 0 Å². The van der Waals surface area contributed by atoms with Gasteiger partial charge in [-0.3, -0.25) is 0 Å². The van der Waals surface area contributed by atoms with Crippen LogP contribution in [0.25, 0.3) is 0 Å². The van der Waals surface area contributed by atoms with E-state index in [2.05, 4.69) is 38.4 Å². The molecule has 0 saturated carbocycles. The minimum absolute atomic E-state index is 0.721. The molecule has 0 fully saturated rings. The van der Waals surface area contributed by atoms with Gasteiger partial charge in [0.2, 0.25) is 4.73 Å². The van der Waals surface area contributed by atoms with Crippen LogP contribution >= 0.6 is 15.9 Å². The molecule has 0 N–H and O–H groups in total. The number of aryl methyl sites for hydroxylation is 1. The molecule has 0 radical (unpaired) electrons. The van der Waals surface area contributed by atoms with E-state index >= 15 is 0 Å². The van der Waals surface area contributed by atoms with Crippen LogP contribution in [0.4, 0.5) is 0 Å². The highest BCUT2D eigenvalue weighted by molar-refractivity contribution is 9.10. The van der Waals surface area contributed by atoms with Gasteiger partial charge in [-0.15, -0.1) is 5.10 Å². The van der Waals surface area contributed by atoms with Crippen molar-refractivity contribution in [1.82, 2.24) is 20.2 Å². The van der Waals surface area contributed by atoms with Crippen LogP contribution in [0.2, 0.25) is 0 Å². The molecular weight excluding hydrogens is 220 g/mol. The second kappa shape index (κ2) is 5.24. The summed E-state index contributed by atoms with van der Waals surface area (Å²) >= 11 is 3.26. The molecule has 4 nitrogen and oxygen atoms in total. The van der Waals surface area contributed by atoms with Crippen LogP contribution in [0, 0.1) is 0 Å². The summed E-state index contributed by atoms with van der Waals surface area (Å²) in [5.74, 6) is 0. The standard InChI is InChI=1S/C7H13BrN4/c1-2-3-4-5-6-12-7(8)9-10-11-12/h2-6H2,1H3. The average Bonchev–Trinajstić information content (AvgIpc) is 2.46. The van der Waals surface area contributed by atoms with E-state index in [1.165, 1.54) is 19.3 Å². The normalized spacial score (nSPS) is 10.5. The molecule has 0 spiro atoms. The van der Waals surface area contributed by atoms with Crippen molar-refractivity contribution in [2.75, 3.05) is 0 Å². The minimum atomic E-state index is 0.721. The molecule has 0 saturated heterocycles. The number of halogens is 1. The molecule has 1 aromatic heterocycles. The van der Waals surface area contributed by atoms with Gasteiger partial charge < -0.3 is 0 Å². The van der Waals surface area contributed by atoms with Crippen molar-refractivity contribution in [3.63, 3.8) is 0 Å². The molecule has 0 amide bonds.